The van der Waals surface area contributed by atoms with Crippen LogP contribution in [0.5, 0.6) is 0 Å². The first-order chi connectivity index (χ1) is 17.2. The van der Waals surface area contributed by atoms with Crippen LogP contribution in [0.1, 0.15) is 49.7 Å². The number of nitriles is 1. The number of nitrogens with one attached hydrogen (secondary N) is 1. The molecule has 0 unspecified atom stereocenters. The Labute approximate surface area is 211 Å². The van der Waals surface area contributed by atoms with Crippen LogP contribution in [0.4, 0.5) is 4.39 Å². The molecule has 4 N–H and O–H groups in total. The zero-order valence-corrected chi connectivity index (χ0v) is 21.4. The number of hydrogen-bond donors (Lipinski definition) is 3. The SMILES string of the molecule is CCN(CC)CCCS(=O)(=O)O.N#Cc1cc(-c2n[nH]c([C@H](N)CCc3ccccc3)n2)ccc1F. The molecule has 0 aliphatic carbocycles. The molecule has 0 bridgehead atoms. The predicted octanol–water partition coefficient (Wildman–Crippen LogP) is 3.72. The summed E-state index contributed by atoms with van der Waals surface area (Å²) in [4.78, 5) is 6.49. The number of H-pyrrole nitrogens is 1. The minimum Gasteiger partial charge on any atom is -0.321 e. The number of nitrogens with two attached hydrogens (primary N) is 1. The van der Waals surface area contributed by atoms with Crippen LogP contribution in [0.15, 0.2) is 48.5 Å². The number of aromatic nitrogens is 3. The minimum absolute atomic E-state index is 0.0350. The van der Waals surface area contributed by atoms with Gasteiger partial charge in [-0.2, -0.15) is 18.8 Å². The Morgan fingerprint density at radius 1 is 1.19 bits per heavy atom. The number of benzene rings is 2. The highest BCUT2D eigenvalue weighted by Gasteiger charge is 2.14. The van der Waals surface area contributed by atoms with Gasteiger partial charge in [0.05, 0.1) is 17.4 Å². The molecular weight excluding hydrogens is 483 g/mol. The normalized spacial score (nSPS) is 12.0. The van der Waals surface area contributed by atoms with Crippen molar-refractivity contribution in [2.75, 3.05) is 25.4 Å². The number of nitrogens with zero attached hydrogens (tertiary/aromatic N) is 4. The fraction of sp³-hybridized carbons (Fsp3) is 0.400. The van der Waals surface area contributed by atoms with E-state index in [1.54, 1.807) is 6.07 Å². The van der Waals surface area contributed by atoms with Crippen LogP contribution >= 0.6 is 0 Å². The van der Waals surface area contributed by atoms with Crippen molar-refractivity contribution in [2.24, 2.45) is 5.73 Å². The van der Waals surface area contributed by atoms with E-state index in [-0.39, 0.29) is 17.4 Å². The molecule has 0 fully saturated rings. The Morgan fingerprint density at radius 2 is 1.89 bits per heavy atom. The Bertz CT molecular complexity index is 1220. The minimum atomic E-state index is -3.76. The molecule has 0 aliphatic heterocycles. The molecule has 0 spiro atoms. The van der Waals surface area contributed by atoms with Gasteiger partial charge in [0.25, 0.3) is 10.1 Å². The van der Waals surface area contributed by atoms with Gasteiger partial charge in [0.15, 0.2) is 5.82 Å². The number of aryl methyl sites for hydroxylation is 1. The van der Waals surface area contributed by atoms with E-state index in [9.17, 15) is 12.8 Å². The summed E-state index contributed by atoms with van der Waals surface area (Å²) >= 11 is 0. The molecule has 3 rings (SSSR count). The maximum Gasteiger partial charge on any atom is 0.264 e. The number of rotatable bonds is 11. The third-order valence-electron chi connectivity index (χ3n) is 5.56. The standard InChI is InChI=1S/C18H16FN5.C7H17NO3S/c19-15-8-7-13(10-14(15)11-20)17-22-18(24-23-17)16(21)9-6-12-4-2-1-3-5-12;1-3-8(4-2)6-5-7-12(9,10)11/h1-5,7-8,10,16H,6,9,21H2,(H,22,23,24);3-7H2,1-2H3,(H,9,10,11)/t16-;/m1./s1. The first kappa shape index (κ1) is 29.1. The fourth-order valence-corrected chi connectivity index (χ4v) is 3.93. The van der Waals surface area contributed by atoms with E-state index in [0.717, 1.165) is 32.5 Å². The van der Waals surface area contributed by atoms with Crippen LogP contribution in [-0.2, 0) is 16.5 Å². The maximum absolute atomic E-state index is 13.4. The highest BCUT2D eigenvalue weighted by atomic mass is 32.2. The van der Waals surface area contributed by atoms with Gasteiger partial charge in [-0.15, -0.1) is 0 Å². The van der Waals surface area contributed by atoms with Crippen molar-refractivity contribution >= 4 is 10.1 Å². The van der Waals surface area contributed by atoms with Gasteiger partial charge < -0.3 is 10.6 Å². The maximum atomic E-state index is 13.4. The van der Waals surface area contributed by atoms with Crippen LogP contribution < -0.4 is 5.73 Å². The van der Waals surface area contributed by atoms with Crippen molar-refractivity contribution in [1.29, 1.82) is 5.26 Å². The van der Waals surface area contributed by atoms with Gasteiger partial charge in [0.1, 0.15) is 17.7 Å². The van der Waals surface area contributed by atoms with E-state index in [1.165, 1.54) is 17.7 Å². The third kappa shape index (κ3) is 9.83. The lowest BCUT2D eigenvalue weighted by Gasteiger charge is -2.16. The van der Waals surface area contributed by atoms with Crippen LogP contribution in [0.2, 0.25) is 0 Å². The average molecular weight is 517 g/mol. The third-order valence-corrected chi connectivity index (χ3v) is 6.36. The molecule has 0 aliphatic rings. The van der Waals surface area contributed by atoms with E-state index in [0.29, 0.717) is 23.6 Å². The second-order valence-electron chi connectivity index (χ2n) is 8.15. The van der Waals surface area contributed by atoms with E-state index < -0.39 is 15.9 Å². The smallest absolute Gasteiger partial charge is 0.264 e. The number of hydrogen-bond acceptors (Lipinski definition) is 7. The Morgan fingerprint density at radius 3 is 2.50 bits per heavy atom. The van der Waals surface area contributed by atoms with Crippen molar-refractivity contribution in [1.82, 2.24) is 20.1 Å². The van der Waals surface area contributed by atoms with Crippen LogP contribution in [0.3, 0.4) is 0 Å². The second kappa shape index (κ2) is 14.4. The second-order valence-corrected chi connectivity index (χ2v) is 9.72. The average Bonchev–Trinajstić information content (AvgIpc) is 3.36. The van der Waals surface area contributed by atoms with Crippen LogP contribution in [0.25, 0.3) is 11.4 Å². The summed E-state index contributed by atoms with van der Waals surface area (Å²) < 4.78 is 42.5. The van der Waals surface area contributed by atoms with Crippen molar-refractivity contribution in [3.05, 3.63) is 71.3 Å². The van der Waals surface area contributed by atoms with Gasteiger partial charge >= 0.3 is 0 Å². The summed E-state index contributed by atoms with van der Waals surface area (Å²) in [6.07, 6.45) is 2.07. The molecule has 9 nitrogen and oxygen atoms in total. The molecule has 0 amide bonds. The molecule has 1 aromatic heterocycles. The lowest BCUT2D eigenvalue weighted by Crippen LogP contribution is -2.25. The Kier molecular flexibility index (Phi) is 11.6. The Balaban J connectivity index is 0.000000324. The highest BCUT2D eigenvalue weighted by molar-refractivity contribution is 7.85. The summed E-state index contributed by atoms with van der Waals surface area (Å²) in [6, 6.07) is 15.8. The van der Waals surface area contributed by atoms with Gasteiger partial charge in [0.2, 0.25) is 0 Å². The number of halogens is 1. The highest BCUT2D eigenvalue weighted by Crippen LogP contribution is 2.21. The topological polar surface area (TPSA) is 149 Å². The van der Waals surface area contributed by atoms with E-state index in [4.69, 9.17) is 15.5 Å². The molecule has 36 heavy (non-hydrogen) atoms. The summed E-state index contributed by atoms with van der Waals surface area (Å²) in [5.41, 5.74) is 7.92. The lowest BCUT2D eigenvalue weighted by molar-refractivity contribution is 0.304. The van der Waals surface area contributed by atoms with Crippen LogP contribution in [-0.4, -0.2) is 58.4 Å². The Hall–Kier alpha value is -3.17. The van der Waals surface area contributed by atoms with Gasteiger partial charge in [0, 0.05) is 5.56 Å². The van der Waals surface area contributed by atoms with Crippen molar-refractivity contribution in [3.63, 3.8) is 0 Å². The molecule has 3 aromatic rings. The largest absolute Gasteiger partial charge is 0.321 e. The van der Waals surface area contributed by atoms with Gasteiger partial charge in [-0.3, -0.25) is 9.65 Å². The summed E-state index contributed by atoms with van der Waals surface area (Å²) in [5.74, 6) is 0.278. The molecule has 0 saturated carbocycles. The van der Waals surface area contributed by atoms with Gasteiger partial charge in [-0.25, -0.2) is 9.37 Å². The van der Waals surface area contributed by atoms with E-state index in [2.05, 4.69) is 32.2 Å². The summed E-state index contributed by atoms with van der Waals surface area (Å²) in [7, 11) is -3.76. The summed E-state index contributed by atoms with van der Waals surface area (Å²) in [6.45, 7) is 6.62. The first-order valence-corrected chi connectivity index (χ1v) is 13.4. The van der Waals surface area contributed by atoms with Gasteiger partial charge in [-0.05, 0) is 62.7 Å². The lowest BCUT2D eigenvalue weighted by atomic mass is 10.1. The van der Waals surface area contributed by atoms with Crippen LogP contribution in [0, 0.1) is 17.1 Å². The first-order valence-electron chi connectivity index (χ1n) is 11.8. The van der Waals surface area contributed by atoms with Crippen molar-refractivity contribution < 1.29 is 17.4 Å². The summed E-state index contributed by atoms with van der Waals surface area (Å²) in [5, 5.41) is 15.9. The molecule has 194 valence electrons. The monoisotopic (exact) mass is 516 g/mol. The molecule has 1 atom stereocenters. The quantitative estimate of drug-likeness (QED) is 0.327. The molecular formula is C25H33FN6O3S. The van der Waals surface area contributed by atoms with E-state index >= 15 is 0 Å². The zero-order chi connectivity index (χ0) is 26.6. The zero-order valence-electron chi connectivity index (χ0n) is 20.6. The van der Waals surface area contributed by atoms with Crippen molar-refractivity contribution in [2.45, 2.75) is 39.2 Å². The predicted molar refractivity (Wildman–Crippen MR) is 137 cm³/mol. The number of aromatic amines is 1. The van der Waals surface area contributed by atoms with Crippen molar-refractivity contribution in [3.8, 4) is 17.5 Å². The fourth-order valence-electron chi connectivity index (χ4n) is 3.43. The van der Waals surface area contributed by atoms with E-state index in [1.807, 2.05) is 38.1 Å². The molecule has 0 radical (unpaired) electrons. The molecule has 11 heteroatoms. The molecule has 2 aromatic carbocycles. The molecule has 0 saturated heterocycles. The molecule has 1 heterocycles. The van der Waals surface area contributed by atoms with Gasteiger partial charge in [-0.1, -0.05) is 44.2 Å².